The Balaban J connectivity index is 1.81. The van der Waals surface area contributed by atoms with E-state index in [1.54, 1.807) is 11.8 Å². The Hall–Kier alpha value is -1.49. The van der Waals surface area contributed by atoms with Crippen LogP contribution in [0.5, 0.6) is 0 Å². The zero-order valence-electron chi connectivity index (χ0n) is 10.1. The quantitative estimate of drug-likeness (QED) is 0.796. The monoisotopic (exact) mass is 265 g/mol. The van der Waals surface area contributed by atoms with Crippen LogP contribution in [0.3, 0.4) is 0 Å². The summed E-state index contributed by atoms with van der Waals surface area (Å²) < 4.78 is 0. The van der Waals surface area contributed by atoms with Crippen LogP contribution in [0.2, 0.25) is 0 Å². The Bertz CT molecular complexity index is 458. The molecule has 1 aromatic carbocycles. The molecule has 2 unspecified atom stereocenters. The van der Waals surface area contributed by atoms with E-state index in [4.69, 9.17) is 5.11 Å². The third-order valence-electron chi connectivity index (χ3n) is 3.07. The van der Waals surface area contributed by atoms with E-state index in [1.807, 2.05) is 30.5 Å². The fourth-order valence-electron chi connectivity index (χ4n) is 1.82. The van der Waals surface area contributed by atoms with Gasteiger partial charge in [0, 0.05) is 11.4 Å². The third kappa shape index (κ3) is 3.04. The Labute approximate surface area is 110 Å². The molecule has 0 bridgehead atoms. The number of nitrogens with one attached hydrogen (secondary N) is 1. The lowest BCUT2D eigenvalue weighted by Crippen LogP contribution is -2.25. The number of benzene rings is 1. The second-order valence-electron chi connectivity index (χ2n) is 4.35. The Morgan fingerprint density at radius 1 is 1.33 bits per heavy atom. The third-order valence-corrected chi connectivity index (χ3v) is 3.81. The van der Waals surface area contributed by atoms with Crippen LogP contribution >= 0.6 is 11.8 Å². The lowest BCUT2D eigenvalue weighted by atomic mass is 10.2. The van der Waals surface area contributed by atoms with Crippen LogP contribution in [0.1, 0.15) is 12.0 Å². The van der Waals surface area contributed by atoms with Gasteiger partial charge in [0.05, 0.1) is 11.8 Å². The Morgan fingerprint density at radius 3 is 2.50 bits per heavy atom. The number of carboxylic acids is 1. The molecule has 18 heavy (non-hydrogen) atoms. The van der Waals surface area contributed by atoms with Crippen molar-refractivity contribution in [2.24, 2.45) is 11.8 Å². The molecule has 4 nitrogen and oxygen atoms in total. The molecule has 0 heterocycles. The maximum absolute atomic E-state index is 11.6. The zero-order valence-corrected chi connectivity index (χ0v) is 10.9. The van der Waals surface area contributed by atoms with Crippen LogP contribution in [-0.2, 0) is 16.1 Å². The zero-order chi connectivity index (χ0) is 13.1. The summed E-state index contributed by atoms with van der Waals surface area (Å²) in [5.41, 5.74) is 1.02. The van der Waals surface area contributed by atoms with E-state index in [-0.39, 0.29) is 11.8 Å². The van der Waals surface area contributed by atoms with Crippen molar-refractivity contribution in [2.75, 3.05) is 6.26 Å². The molecule has 1 fully saturated rings. The summed E-state index contributed by atoms with van der Waals surface area (Å²) in [6.45, 7) is 0.455. The highest BCUT2D eigenvalue weighted by atomic mass is 32.2. The van der Waals surface area contributed by atoms with Gasteiger partial charge in [-0.1, -0.05) is 12.1 Å². The van der Waals surface area contributed by atoms with Gasteiger partial charge < -0.3 is 10.4 Å². The molecule has 0 radical (unpaired) electrons. The minimum Gasteiger partial charge on any atom is -0.481 e. The molecule has 0 saturated heterocycles. The number of amides is 1. The lowest BCUT2D eigenvalue weighted by Gasteiger charge is -2.05. The Morgan fingerprint density at radius 2 is 2.00 bits per heavy atom. The maximum Gasteiger partial charge on any atom is 0.307 e. The van der Waals surface area contributed by atoms with Gasteiger partial charge in [-0.25, -0.2) is 0 Å². The molecular formula is C13H15NO3S. The minimum atomic E-state index is -0.875. The van der Waals surface area contributed by atoms with Gasteiger partial charge in [-0.2, -0.15) is 0 Å². The second kappa shape index (κ2) is 5.44. The highest BCUT2D eigenvalue weighted by Crippen LogP contribution is 2.38. The summed E-state index contributed by atoms with van der Waals surface area (Å²) in [7, 11) is 0. The first-order valence-corrected chi connectivity index (χ1v) is 6.97. The van der Waals surface area contributed by atoms with Gasteiger partial charge in [0.25, 0.3) is 0 Å². The molecule has 5 heteroatoms. The second-order valence-corrected chi connectivity index (χ2v) is 5.23. The van der Waals surface area contributed by atoms with Crippen molar-refractivity contribution in [2.45, 2.75) is 17.9 Å². The molecular weight excluding hydrogens is 250 g/mol. The average molecular weight is 265 g/mol. The lowest BCUT2D eigenvalue weighted by molar-refractivity contribution is -0.140. The van der Waals surface area contributed by atoms with Crippen LogP contribution in [0, 0.1) is 11.8 Å². The van der Waals surface area contributed by atoms with Crippen molar-refractivity contribution in [3.63, 3.8) is 0 Å². The number of carbonyl (C=O) groups excluding carboxylic acids is 1. The number of hydrogen-bond acceptors (Lipinski definition) is 3. The van der Waals surface area contributed by atoms with Crippen molar-refractivity contribution in [1.29, 1.82) is 0 Å². The summed E-state index contributed by atoms with van der Waals surface area (Å²) in [6, 6.07) is 7.94. The molecule has 2 rings (SSSR count). The number of thioether (sulfide) groups is 1. The van der Waals surface area contributed by atoms with Crippen molar-refractivity contribution < 1.29 is 14.7 Å². The topological polar surface area (TPSA) is 66.4 Å². The predicted octanol–water partition coefficient (Wildman–Crippen LogP) is 1.75. The number of carbonyl (C=O) groups is 2. The summed E-state index contributed by atoms with van der Waals surface area (Å²) in [6.07, 6.45) is 2.47. The van der Waals surface area contributed by atoms with E-state index in [9.17, 15) is 9.59 Å². The highest BCUT2D eigenvalue weighted by molar-refractivity contribution is 7.98. The molecule has 1 aromatic rings. The first kappa shape index (κ1) is 13.0. The molecule has 0 aliphatic heterocycles. The van der Waals surface area contributed by atoms with Crippen LogP contribution < -0.4 is 5.32 Å². The first-order chi connectivity index (χ1) is 8.61. The largest absolute Gasteiger partial charge is 0.481 e. The van der Waals surface area contributed by atoms with E-state index in [1.165, 1.54) is 4.90 Å². The van der Waals surface area contributed by atoms with Gasteiger partial charge in [0.1, 0.15) is 0 Å². The van der Waals surface area contributed by atoms with E-state index in [2.05, 4.69) is 5.32 Å². The molecule has 1 aliphatic carbocycles. The number of carboxylic acid groups (broad SMARTS) is 1. The molecule has 0 spiro atoms. The van der Waals surface area contributed by atoms with Crippen molar-refractivity contribution in [3.05, 3.63) is 29.8 Å². The fraction of sp³-hybridized carbons (Fsp3) is 0.385. The van der Waals surface area contributed by atoms with Crippen LogP contribution in [0.15, 0.2) is 29.2 Å². The van der Waals surface area contributed by atoms with Gasteiger partial charge in [0.15, 0.2) is 0 Å². The van der Waals surface area contributed by atoms with E-state index >= 15 is 0 Å². The van der Waals surface area contributed by atoms with E-state index in [0.717, 1.165) is 5.56 Å². The normalized spacial score (nSPS) is 21.4. The summed E-state index contributed by atoms with van der Waals surface area (Å²) >= 11 is 1.67. The van der Waals surface area contributed by atoms with E-state index < -0.39 is 11.9 Å². The van der Waals surface area contributed by atoms with Crippen LogP contribution in [0.25, 0.3) is 0 Å². The predicted molar refractivity (Wildman–Crippen MR) is 69.3 cm³/mol. The maximum atomic E-state index is 11.6. The molecule has 2 N–H and O–H groups in total. The molecule has 1 amide bonds. The van der Waals surface area contributed by atoms with E-state index in [0.29, 0.717) is 13.0 Å². The summed E-state index contributed by atoms with van der Waals surface area (Å²) in [5.74, 6) is -1.85. The average Bonchev–Trinajstić information content (AvgIpc) is 3.17. The van der Waals surface area contributed by atoms with Gasteiger partial charge in [-0.15, -0.1) is 11.8 Å². The van der Waals surface area contributed by atoms with Crippen molar-refractivity contribution in [1.82, 2.24) is 5.32 Å². The number of rotatable bonds is 5. The summed E-state index contributed by atoms with van der Waals surface area (Å²) in [4.78, 5) is 23.5. The molecule has 1 aliphatic rings. The standard InChI is InChI=1S/C13H15NO3S/c1-18-9-4-2-8(3-5-9)7-14-12(15)10-6-11(10)13(16)17/h2-5,10-11H,6-7H2,1H3,(H,14,15)(H,16,17). The SMILES string of the molecule is CSc1ccc(CNC(=O)C2CC2C(=O)O)cc1. The van der Waals surface area contributed by atoms with Crippen LogP contribution in [-0.4, -0.2) is 23.2 Å². The highest BCUT2D eigenvalue weighted by Gasteiger charge is 2.48. The van der Waals surface area contributed by atoms with Gasteiger partial charge in [-0.3, -0.25) is 9.59 Å². The van der Waals surface area contributed by atoms with Gasteiger partial charge >= 0.3 is 5.97 Å². The smallest absolute Gasteiger partial charge is 0.307 e. The van der Waals surface area contributed by atoms with Gasteiger partial charge in [0.2, 0.25) is 5.91 Å². The fourth-order valence-corrected chi connectivity index (χ4v) is 2.23. The number of aliphatic carboxylic acids is 1. The molecule has 0 aromatic heterocycles. The number of hydrogen-bond donors (Lipinski definition) is 2. The minimum absolute atomic E-state index is 0.156. The molecule has 2 atom stereocenters. The Kier molecular flexibility index (Phi) is 3.91. The molecule has 1 saturated carbocycles. The summed E-state index contributed by atoms with van der Waals surface area (Å²) in [5, 5.41) is 11.5. The van der Waals surface area contributed by atoms with Crippen LogP contribution in [0.4, 0.5) is 0 Å². The van der Waals surface area contributed by atoms with Crippen molar-refractivity contribution >= 4 is 23.6 Å². The van der Waals surface area contributed by atoms with Gasteiger partial charge in [-0.05, 0) is 30.4 Å². The molecule has 96 valence electrons. The van der Waals surface area contributed by atoms with Crippen molar-refractivity contribution in [3.8, 4) is 0 Å². The first-order valence-electron chi connectivity index (χ1n) is 5.75.